The van der Waals surface area contributed by atoms with Crippen molar-refractivity contribution < 1.29 is 28.2 Å². The highest BCUT2D eigenvalue weighted by Gasteiger charge is 2.36. The molecule has 1 fully saturated rings. The summed E-state index contributed by atoms with van der Waals surface area (Å²) in [6.45, 7) is 13.2. The molecule has 0 saturated carbocycles. The van der Waals surface area contributed by atoms with Gasteiger partial charge in [-0.15, -0.1) is 0 Å². The molecule has 1 aliphatic heterocycles. The van der Waals surface area contributed by atoms with Crippen LogP contribution in [0.4, 0.5) is 14.5 Å². The first-order valence-corrected chi connectivity index (χ1v) is 13.9. The summed E-state index contributed by atoms with van der Waals surface area (Å²) in [5.41, 5.74) is 2.79. The number of anilines is 1. The SMILES string of the molecule is Cc1ncc(-c2ccc(OCCc3ccc(F)cc3)c(F)n2)c(N2CCC(C)(C)CC2)c1[C@H](OC(C)(C)C)C(=O)O. The monoisotopic (exact) mass is 567 g/mol. The van der Waals surface area contributed by atoms with E-state index >= 15 is 4.39 Å². The van der Waals surface area contributed by atoms with Crippen molar-refractivity contribution >= 4 is 11.7 Å². The number of pyridine rings is 2. The number of piperidine rings is 1. The number of aromatic nitrogens is 2. The van der Waals surface area contributed by atoms with Crippen LogP contribution in [0.15, 0.2) is 42.6 Å². The molecule has 0 amide bonds. The predicted molar refractivity (Wildman–Crippen MR) is 154 cm³/mol. The van der Waals surface area contributed by atoms with Gasteiger partial charge in [-0.1, -0.05) is 26.0 Å². The van der Waals surface area contributed by atoms with E-state index in [0.29, 0.717) is 47.7 Å². The molecule has 1 aliphatic rings. The Hall–Kier alpha value is -3.59. The fourth-order valence-corrected chi connectivity index (χ4v) is 4.98. The zero-order valence-electron chi connectivity index (χ0n) is 24.6. The van der Waals surface area contributed by atoms with Crippen LogP contribution in [0, 0.1) is 24.1 Å². The van der Waals surface area contributed by atoms with Crippen molar-refractivity contribution in [2.45, 2.75) is 72.5 Å². The Morgan fingerprint density at radius 2 is 1.76 bits per heavy atom. The summed E-state index contributed by atoms with van der Waals surface area (Å²) in [6, 6.07) is 9.25. The smallest absolute Gasteiger partial charge is 0.337 e. The van der Waals surface area contributed by atoms with Crippen LogP contribution in [0.2, 0.25) is 0 Å². The highest BCUT2D eigenvalue weighted by atomic mass is 19.1. The third kappa shape index (κ3) is 7.58. The molecule has 3 heterocycles. The third-order valence-corrected chi connectivity index (χ3v) is 7.33. The highest BCUT2D eigenvalue weighted by molar-refractivity contribution is 5.85. The number of nitrogens with zero attached hydrogens (tertiary/aromatic N) is 3. The second kappa shape index (κ2) is 12.1. The van der Waals surface area contributed by atoms with Gasteiger partial charge < -0.3 is 19.5 Å². The number of aryl methyl sites for hydroxylation is 1. The van der Waals surface area contributed by atoms with Gasteiger partial charge in [0.15, 0.2) is 11.9 Å². The zero-order valence-corrected chi connectivity index (χ0v) is 24.6. The molecule has 9 heteroatoms. The van der Waals surface area contributed by atoms with Crippen LogP contribution in [0.25, 0.3) is 11.3 Å². The molecule has 0 radical (unpaired) electrons. The Balaban J connectivity index is 1.71. The molecule has 1 N–H and O–H groups in total. The Morgan fingerprint density at radius 1 is 1.10 bits per heavy atom. The molecule has 0 spiro atoms. The first kappa shape index (κ1) is 30.4. The Morgan fingerprint density at radius 3 is 2.34 bits per heavy atom. The minimum Gasteiger partial charge on any atom is -0.488 e. The molecule has 1 atom stereocenters. The zero-order chi connectivity index (χ0) is 29.9. The quantitative estimate of drug-likeness (QED) is 0.281. The molecular formula is C32H39F2N3O4. The molecule has 4 rings (SSSR count). The minimum atomic E-state index is -1.27. The number of carbonyl (C=O) groups is 1. The fourth-order valence-electron chi connectivity index (χ4n) is 4.98. The second-order valence-corrected chi connectivity index (χ2v) is 12.3. The van der Waals surface area contributed by atoms with Crippen molar-refractivity contribution in [2.75, 3.05) is 24.6 Å². The fraction of sp³-hybridized carbons (Fsp3) is 0.469. The number of carboxylic acids is 1. The average molecular weight is 568 g/mol. The van der Waals surface area contributed by atoms with E-state index in [1.54, 1.807) is 31.3 Å². The molecule has 2 aromatic heterocycles. The van der Waals surface area contributed by atoms with E-state index in [-0.39, 0.29) is 23.6 Å². The van der Waals surface area contributed by atoms with Gasteiger partial charge in [-0.25, -0.2) is 14.2 Å². The van der Waals surface area contributed by atoms with Crippen LogP contribution in [0.5, 0.6) is 5.75 Å². The van der Waals surface area contributed by atoms with Crippen LogP contribution in [-0.4, -0.2) is 46.3 Å². The van der Waals surface area contributed by atoms with E-state index in [0.717, 1.165) is 18.4 Å². The van der Waals surface area contributed by atoms with Crippen molar-refractivity contribution in [3.8, 4) is 17.0 Å². The predicted octanol–water partition coefficient (Wildman–Crippen LogP) is 6.92. The summed E-state index contributed by atoms with van der Waals surface area (Å²) >= 11 is 0. The summed E-state index contributed by atoms with van der Waals surface area (Å²) in [7, 11) is 0. The summed E-state index contributed by atoms with van der Waals surface area (Å²) in [5.74, 6) is -2.22. The molecule has 7 nitrogen and oxygen atoms in total. The topological polar surface area (TPSA) is 84.8 Å². The van der Waals surface area contributed by atoms with Gasteiger partial charge in [0.2, 0.25) is 0 Å². The maximum Gasteiger partial charge on any atom is 0.337 e. The van der Waals surface area contributed by atoms with Crippen LogP contribution in [-0.2, 0) is 16.0 Å². The minimum absolute atomic E-state index is 0.00286. The van der Waals surface area contributed by atoms with Crippen molar-refractivity contribution in [3.63, 3.8) is 0 Å². The first-order chi connectivity index (χ1) is 19.2. The van der Waals surface area contributed by atoms with E-state index in [4.69, 9.17) is 9.47 Å². The normalized spacial score (nSPS) is 16.0. The van der Waals surface area contributed by atoms with Crippen LogP contribution < -0.4 is 9.64 Å². The molecule has 1 saturated heterocycles. The standard InChI is InChI=1S/C32H39F2N3O4/c1-20-26(28(30(38)39)41-31(2,3)4)27(37-16-14-32(5,6)15-17-37)23(19-35-20)24-11-12-25(29(34)36-24)40-18-13-21-7-9-22(33)10-8-21/h7-12,19,28H,13-18H2,1-6H3,(H,38,39)/t28-/m0/s1. The number of rotatable bonds is 9. The molecule has 1 aromatic carbocycles. The van der Waals surface area contributed by atoms with E-state index in [1.165, 1.54) is 18.2 Å². The number of halogens is 2. The lowest BCUT2D eigenvalue weighted by molar-refractivity contribution is -0.160. The number of carboxylic acid groups (broad SMARTS) is 1. The number of aliphatic carboxylic acids is 1. The number of hydrogen-bond donors (Lipinski definition) is 1. The van der Waals surface area contributed by atoms with Crippen LogP contribution in [0.1, 0.15) is 70.4 Å². The van der Waals surface area contributed by atoms with Gasteiger partial charge in [0.1, 0.15) is 5.82 Å². The van der Waals surface area contributed by atoms with Gasteiger partial charge in [-0.2, -0.15) is 4.39 Å². The lowest BCUT2D eigenvalue weighted by Crippen LogP contribution is -2.39. The molecule has 0 aliphatic carbocycles. The van der Waals surface area contributed by atoms with E-state index < -0.39 is 23.6 Å². The largest absolute Gasteiger partial charge is 0.488 e. The molecule has 41 heavy (non-hydrogen) atoms. The van der Waals surface area contributed by atoms with Crippen LogP contribution >= 0.6 is 0 Å². The highest BCUT2D eigenvalue weighted by Crippen LogP contribution is 2.43. The summed E-state index contributed by atoms with van der Waals surface area (Å²) < 4.78 is 40.1. The summed E-state index contributed by atoms with van der Waals surface area (Å²) in [4.78, 5) is 23.4. The molecule has 3 aromatic rings. The van der Waals surface area contributed by atoms with Crippen molar-refractivity contribution in [1.29, 1.82) is 0 Å². The summed E-state index contributed by atoms with van der Waals surface area (Å²) in [5, 5.41) is 10.3. The lowest BCUT2D eigenvalue weighted by atomic mass is 9.82. The van der Waals surface area contributed by atoms with E-state index in [9.17, 15) is 14.3 Å². The number of ether oxygens (including phenoxy) is 2. The third-order valence-electron chi connectivity index (χ3n) is 7.33. The maximum absolute atomic E-state index is 15.2. The van der Waals surface area contributed by atoms with E-state index in [1.807, 2.05) is 20.8 Å². The molecule has 0 bridgehead atoms. The first-order valence-electron chi connectivity index (χ1n) is 13.9. The van der Waals surface area contributed by atoms with Crippen molar-refractivity contribution in [3.05, 3.63) is 71.2 Å². The van der Waals surface area contributed by atoms with Gasteiger partial charge in [0.05, 0.1) is 23.6 Å². The van der Waals surface area contributed by atoms with E-state index in [2.05, 4.69) is 28.7 Å². The maximum atomic E-state index is 15.2. The van der Waals surface area contributed by atoms with Crippen molar-refractivity contribution in [2.24, 2.45) is 5.41 Å². The van der Waals surface area contributed by atoms with Gasteiger partial charge in [0, 0.05) is 42.5 Å². The number of benzene rings is 1. The van der Waals surface area contributed by atoms with Gasteiger partial charge in [-0.3, -0.25) is 4.98 Å². The van der Waals surface area contributed by atoms with Gasteiger partial charge >= 0.3 is 5.97 Å². The van der Waals surface area contributed by atoms with Gasteiger partial charge in [-0.05, 0) is 75.8 Å². The Kier molecular flexibility index (Phi) is 8.97. The lowest BCUT2D eigenvalue weighted by Gasteiger charge is -2.40. The summed E-state index contributed by atoms with van der Waals surface area (Å²) in [6.07, 6.45) is 2.65. The molecular weight excluding hydrogens is 528 g/mol. The molecule has 220 valence electrons. The van der Waals surface area contributed by atoms with Gasteiger partial charge in [0.25, 0.3) is 5.95 Å². The average Bonchev–Trinajstić information content (AvgIpc) is 2.89. The second-order valence-electron chi connectivity index (χ2n) is 12.3. The number of hydrogen-bond acceptors (Lipinski definition) is 6. The molecule has 0 unspecified atom stereocenters. The van der Waals surface area contributed by atoms with Crippen LogP contribution in [0.3, 0.4) is 0 Å². The van der Waals surface area contributed by atoms with Crippen molar-refractivity contribution in [1.82, 2.24) is 9.97 Å². The Labute approximate surface area is 240 Å². The Bertz CT molecular complexity index is 1380.